The van der Waals surface area contributed by atoms with E-state index in [1.165, 1.54) is 17.5 Å². The van der Waals surface area contributed by atoms with E-state index in [0.29, 0.717) is 0 Å². The minimum absolute atomic E-state index is 0.158. The van der Waals surface area contributed by atoms with Gasteiger partial charge in [0.25, 0.3) is 0 Å². The van der Waals surface area contributed by atoms with Gasteiger partial charge in [-0.25, -0.2) is 0 Å². The fourth-order valence-corrected chi connectivity index (χ4v) is 2.91. The number of ether oxygens (including phenoxy) is 1. The third kappa shape index (κ3) is 5.12. The van der Waals surface area contributed by atoms with Gasteiger partial charge in [0.05, 0.1) is 11.6 Å². The van der Waals surface area contributed by atoms with Crippen LogP contribution in [0.5, 0.6) is 0 Å². The highest BCUT2D eigenvalue weighted by Crippen LogP contribution is 2.32. The molecule has 1 N–H and O–H groups in total. The highest BCUT2D eigenvalue weighted by atomic mass is 16.5. The van der Waals surface area contributed by atoms with Crippen molar-refractivity contribution in [2.24, 2.45) is 0 Å². The monoisotopic (exact) mass is 291 g/mol. The van der Waals surface area contributed by atoms with Gasteiger partial charge in [0.15, 0.2) is 0 Å². The first kappa shape index (κ1) is 18.2. The Labute approximate surface area is 131 Å². The Morgan fingerprint density at radius 1 is 1.14 bits per heavy atom. The Balaban J connectivity index is 3.08. The molecule has 0 aromatic heterocycles. The van der Waals surface area contributed by atoms with Crippen LogP contribution in [0.25, 0.3) is 0 Å². The van der Waals surface area contributed by atoms with Gasteiger partial charge in [-0.15, -0.1) is 0 Å². The molecule has 0 aliphatic rings. The molecule has 0 fully saturated rings. The van der Waals surface area contributed by atoms with Crippen molar-refractivity contribution in [1.29, 1.82) is 0 Å². The summed E-state index contributed by atoms with van der Waals surface area (Å²) in [5.41, 5.74) is 2.62. The molecule has 0 saturated carbocycles. The van der Waals surface area contributed by atoms with Crippen LogP contribution in [0.2, 0.25) is 0 Å². The molecule has 2 unspecified atom stereocenters. The highest BCUT2D eigenvalue weighted by molar-refractivity contribution is 5.28. The standard InChI is InChI=1S/C19H33NO/c1-6-11-16-12-10-13-17(15-16)18(20-14-7-2)19(5,8-3)21-9-4/h10,12-13,15,18,20H,6-9,11,14H2,1-5H3. The van der Waals surface area contributed by atoms with Gasteiger partial charge in [-0.2, -0.15) is 0 Å². The molecule has 0 bridgehead atoms. The van der Waals surface area contributed by atoms with E-state index in [4.69, 9.17) is 4.74 Å². The van der Waals surface area contributed by atoms with E-state index in [2.05, 4.69) is 64.2 Å². The summed E-state index contributed by atoms with van der Waals surface area (Å²) < 4.78 is 6.13. The van der Waals surface area contributed by atoms with Crippen LogP contribution in [0, 0.1) is 0 Å². The minimum atomic E-state index is -0.158. The Kier molecular flexibility index (Phi) is 7.98. The number of hydrogen-bond acceptors (Lipinski definition) is 2. The maximum atomic E-state index is 6.13. The average molecular weight is 291 g/mol. The first-order valence-electron chi connectivity index (χ1n) is 8.57. The van der Waals surface area contributed by atoms with Crippen LogP contribution in [-0.4, -0.2) is 18.8 Å². The number of nitrogens with one attached hydrogen (secondary N) is 1. The van der Waals surface area contributed by atoms with Gasteiger partial charge < -0.3 is 10.1 Å². The number of benzene rings is 1. The Bertz CT molecular complexity index is 404. The Hall–Kier alpha value is -0.860. The second kappa shape index (κ2) is 9.22. The van der Waals surface area contributed by atoms with Crippen molar-refractivity contribution >= 4 is 0 Å². The van der Waals surface area contributed by atoms with Crippen LogP contribution in [0.3, 0.4) is 0 Å². The van der Waals surface area contributed by atoms with Crippen LogP contribution >= 0.6 is 0 Å². The molecule has 2 nitrogen and oxygen atoms in total. The number of rotatable bonds is 10. The summed E-state index contributed by atoms with van der Waals surface area (Å²) >= 11 is 0. The van der Waals surface area contributed by atoms with E-state index in [1.807, 2.05) is 0 Å². The molecule has 0 radical (unpaired) electrons. The largest absolute Gasteiger partial charge is 0.374 e. The summed E-state index contributed by atoms with van der Waals surface area (Å²) in [4.78, 5) is 0. The summed E-state index contributed by atoms with van der Waals surface area (Å²) in [7, 11) is 0. The maximum absolute atomic E-state index is 6.13. The summed E-state index contributed by atoms with van der Waals surface area (Å²) in [6, 6.07) is 9.25. The van der Waals surface area contributed by atoms with Crippen molar-refractivity contribution in [3.8, 4) is 0 Å². The molecule has 2 heteroatoms. The fraction of sp³-hybridized carbons (Fsp3) is 0.684. The second-order valence-corrected chi connectivity index (χ2v) is 5.98. The van der Waals surface area contributed by atoms with Gasteiger partial charge in [0.1, 0.15) is 0 Å². The molecule has 0 saturated heterocycles. The van der Waals surface area contributed by atoms with Gasteiger partial charge >= 0.3 is 0 Å². The van der Waals surface area contributed by atoms with Crippen LogP contribution in [0.15, 0.2) is 24.3 Å². The lowest BCUT2D eigenvalue weighted by Crippen LogP contribution is -2.44. The van der Waals surface area contributed by atoms with E-state index in [-0.39, 0.29) is 11.6 Å². The van der Waals surface area contributed by atoms with E-state index < -0.39 is 0 Å². The third-order valence-corrected chi connectivity index (χ3v) is 4.21. The van der Waals surface area contributed by atoms with E-state index in [9.17, 15) is 0 Å². The Morgan fingerprint density at radius 2 is 1.90 bits per heavy atom. The Morgan fingerprint density at radius 3 is 2.48 bits per heavy atom. The van der Waals surface area contributed by atoms with E-state index in [0.717, 1.165) is 32.4 Å². The molecule has 120 valence electrons. The third-order valence-electron chi connectivity index (χ3n) is 4.21. The zero-order chi connectivity index (χ0) is 15.7. The minimum Gasteiger partial charge on any atom is -0.374 e. The van der Waals surface area contributed by atoms with Crippen LogP contribution in [-0.2, 0) is 11.2 Å². The molecule has 1 aromatic carbocycles. The van der Waals surface area contributed by atoms with Crippen molar-refractivity contribution < 1.29 is 4.74 Å². The summed E-state index contributed by atoms with van der Waals surface area (Å²) in [5, 5.41) is 3.71. The number of hydrogen-bond donors (Lipinski definition) is 1. The van der Waals surface area contributed by atoms with Crippen molar-refractivity contribution in [1.82, 2.24) is 5.32 Å². The van der Waals surface area contributed by atoms with Crippen molar-refractivity contribution in [2.45, 2.75) is 71.9 Å². The van der Waals surface area contributed by atoms with Crippen LogP contribution in [0.1, 0.15) is 71.0 Å². The summed E-state index contributed by atoms with van der Waals surface area (Å²) in [5.74, 6) is 0. The second-order valence-electron chi connectivity index (χ2n) is 5.98. The molecule has 1 rings (SSSR count). The molecule has 0 aliphatic carbocycles. The topological polar surface area (TPSA) is 21.3 Å². The highest BCUT2D eigenvalue weighted by Gasteiger charge is 2.34. The lowest BCUT2D eigenvalue weighted by Gasteiger charge is -2.38. The van der Waals surface area contributed by atoms with Crippen molar-refractivity contribution in [2.75, 3.05) is 13.2 Å². The SMILES string of the molecule is CCCNC(c1cccc(CCC)c1)C(C)(CC)OCC. The van der Waals surface area contributed by atoms with Crippen LogP contribution in [0.4, 0.5) is 0 Å². The molecule has 2 atom stereocenters. The van der Waals surface area contributed by atoms with Gasteiger partial charge in [0, 0.05) is 6.61 Å². The molecule has 0 heterocycles. The molecular weight excluding hydrogens is 258 g/mol. The van der Waals surface area contributed by atoms with Gasteiger partial charge in [-0.05, 0) is 50.8 Å². The van der Waals surface area contributed by atoms with E-state index in [1.54, 1.807) is 0 Å². The lowest BCUT2D eigenvalue weighted by molar-refractivity contribution is -0.0563. The smallest absolute Gasteiger partial charge is 0.0845 e. The van der Waals surface area contributed by atoms with Gasteiger partial charge in [-0.1, -0.05) is 51.5 Å². The number of aryl methyl sites for hydroxylation is 1. The molecule has 0 aliphatic heterocycles. The van der Waals surface area contributed by atoms with Crippen LogP contribution < -0.4 is 5.32 Å². The predicted molar refractivity (Wildman–Crippen MR) is 91.8 cm³/mol. The molecule has 0 amide bonds. The van der Waals surface area contributed by atoms with E-state index >= 15 is 0 Å². The average Bonchev–Trinajstić information content (AvgIpc) is 2.48. The molecule has 1 aromatic rings. The zero-order valence-corrected chi connectivity index (χ0v) is 14.5. The summed E-state index contributed by atoms with van der Waals surface area (Å²) in [6.07, 6.45) is 4.47. The van der Waals surface area contributed by atoms with Crippen molar-refractivity contribution in [3.05, 3.63) is 35.4 Å². The normalized spacial score (nSPS) is 15.7. The summed E-state index contributed by atoms with van der Waals surface area (Å²) in [6.45, 7) is 12.7. The first-order chi connectivity index (χ1) is 10.1. The lowest BCUT2D eigenvalue weighted by atomic mass is 9.86. The molecule has 21 heavy (non-hydrogen) atoms. The maximum Gasteiger partial charge on any atom is 0.0845 e. The van der Waals surface area contributed by atoms with Gasteiger partial charge in [0.2, 0.25) is 0 Å². The first-order valence-corrected chi connectivity index (χ1v) is 8.57. The van der Waals surface area contributed by atoms with Crippen molar-refractivity contribution in [3.63, 3.8) is 0 Å². The van der Waals surface area contributed by atoms with Gasteiger partial charge in [-0.3, -0.25) is 0 Å². The fourth-order valence-electron chi connectivity index (χ4n) is 2.91. The molecule has 0 spiro atoms. The quantitative estimate of drug-likeness (QED) is 0.663. The zero-order valence-electron chi connectivity index (χ0n) is 14.5. The molecular formula is C19H33NO. The predicted octanol–water partition coefficient (Wildman–Crippen LogP) is 4.89.